The maximum Gasteiger partial charge on any atom is 0.419 e. The molecule has 0 spiro atoms. The number of aromatic nitrogens is 2. The van der Waals surface area contributed by atoms with Crippen LogP contribution in [0.4, 0.5) is 4.39 Å². The van der Waals surface area contributed by atoms with E-state index in [1.807, 2.05) is 4.98 Å². The highest BCUT2D eigenvalue weighted by Crippen LogP contribution is 2.16. The van der Waals surface area contributed by atoms with Crippen LogP contribution in [0.15, 0.2) is 20.2 Å². The van der Waals surface area contributed by atoms with Gasteiger partial charge in [0.1, 0.15) is 5.39 Å². The molecule has 0 saturated heterocycles. The number of fused-ring (bicyclic) bond motifs is 1. The van der Waals surface area contributed by atoms with Crippen LogP contribution in [0.5, 0.6) is 0 Å². The van der Waals surface area contributed by atoms with Gasteiger partial charge in [-0.05, 0) is 0 Å². The fourth-order valence-electron chi connectivity index (χ4n) is 1.01. The summed E-state index contributed by atoms with van der Waals surface area (Å²) in [6.45, 7) is 0. The van der Waals surface area contributed by atoms with E-state index in [-0.39, 0.29) is 10.9 Å². The van der Waals surface area contributed by atoms with Crippen molar-refractivity contribution < 1.29 is 8.81 Å². The van der Waals surface area contributed by atoms with Gasteiger partial charge in [0.2, 0.25) is 0 Å². The average Bonchev–Trinajstić information content (AvgIpc) is 2.12. The molecule has 0 atom stereocenters. The lowest BCUT2D eigenvalue weighted by Crippen LogP contribution is -2.15. The van der Waals surface area contributed by atoms with Crippen molar-refractivity contribution in [2.75, 3.05) is 0 Å². The Bertz CT molecular complexity index is 618. The van der Waals surface area contributed by atoms with Crippen molar-refractivity contribution >= 4 is 22.5 Å². The number of rotatable bonds is 0. The third-order valence-electron chi connectivity index (χ3n) is 1.61. The number of nitrogens with zero attached hydrogens (tertiary/aromatic N) is 1. The Morgan fingerprint density at radius 1 is 1.50 bits per heavy atom. The van der Waals surface area contributed by atoms with E-state index in [0.717, 1.165) is 6.20 Å². The molecule has 0 aliphatic heterocycles. The second kappa shape index (κ2) is 2.91. The Hall–Kier alpha value is -1.69. The molecule has 0 unspecified atom stereocenters. The van der Waals surface area contributed by atoms with Crippen molar-refractivity contribution in [1.82, 2.24) is 9.97 Å². The number of aromatic amines is 1. The molecule has 0 bridgehead atoms. The van der Waals surface area contributed by atoms with Gasteiger partial charge in [0.05, 0.1) is 5.52 Å². The molecule has 0 fully saturated rings. The second-order valence-electron chi connectivity index (χ2n) is 2.45. The molecule has 2 aromatic rings. The van der Waals surface area contributed by atoms with Crippen LogP contribution < -0.4 is 11.4 Å². The molecule has 5 nitrogen and oxygen atoms in total. The molecule has 2 aromatic heterocycles. The Morgan fingerprint density at radius 2 is 2.21 bits per heavy atom. The zero-order valence-corrected chi connectivity index (χ0v) is 7.26. The van der Waals surface area contributed by atoms with E-state index in [2.05, 4.69) is 9.40 Å². The first-order chi connectivity index (χ1) is 6.59. The third kappa shape index (κ3) is 1.20. The largest absolute Gasteiger partial charge is 0.419 e. The summed E-state index contributed by atoms with van der Waals surface area (Å²) in [5.74, 6) is -1.99. The van der Waals surface area contributed by atoms with E-state index in [1.165, 1.54) is 0 Å². The summed E-state index contributed by atoms with van der Waals surface area (Å²) in [5, 5.41) is -0.578. The Kier molecular flexibility index (Phi) is 1.85. The van der Waals surface area contributed by atoms with E-state index < -0.39 is 22.4 Å². The summed E-state index contributed by atoms with van der Waals surface area (Å²) in [6, 6.07) is 0. The lowest BCUT2D eigenvalue weighted by atomic mass is 10.3. The van der Waals surface area contributed by atoms with Gasteiger partial charge in [-0.1, -0.05) is 11.6 Å². The number of hydrogen-bond acceptors (Lipinski definition) is 4. The van der Waals surface area contributed by atoms with E-state index in [9.17, 15) is 14.0 Å². The molecule has 2 rings (SSSR count). The van der Waals surface area contributed by atoms with Crippen LogP contribution in [0.2, 0.25) is 5.15 Å². The highest BCUT2D eigenvalue weighted by atomic mass is 35.5. The van der Waals surface area contributed by atoms with Gasteiger partial charge in [0.25, 0.3) is 0 Å². The number of pyridine rings is 1. The van der Waals surface area contributed by atoms with Crippen LogP contribution in [0.3, 0.4) is 0 Å². The van der Waals surface area contributed by atoms with E-state index in [4.69, 9.17) is 11.6 Å². The van der Waals surface area contributed by atoms with Gasteiger partial charge in [0, 0.05) is 6.20 Å². The molecule has 0 aliphatic rings. The van der Waals surface area contributed by atoms with Gasteiger partial charge in [-0.25, -0.2) is 19.0 Å². The predicted octanol–water partition coefficient (Wildman–Crippen LogP) is 0.669. The number of halogens is 2. The molecular formula is C7H2ClFN2O3. The van der Waals surface area contributed by atoms with E-state index >= 15 is 0 Å². The summed E-state index contributed by atoms with van der Waals surface area (Å²) in [6.07, 6.45) is 1.03. The molecule has 14 heavy (non-hydrogen) atoms. The van der Waals surface area contributed by atoms with E-state index in [1.54, 1.807) is 0 Å². The molecule has 0 aliphatic carbocycles. The lowest BCUT2D eigenvalue weighted by Gasteiger charge is -1.97. The van der Waals surface area contributed by atoms with Crippen molar-refractivity contribution in [1.29, 1.82) is 0 Å². The van der Waals surface area contributed by atoms with Gasteiger partial charge in [-0.2, -0.15) is 0 Å². The average molecular weight is 217 g/mol. The first-order valence-electron chi connectivity index (χ1n) is 3.46. The number of hydrogen-bond donors (Lipinski definition) is 1. The van der Waals surface area contributed by atoms with Crippen molar-refractivity contribution in [2.24, 2.45) is 0 Å². The van der Waals surface area contributed by atoms with Gasteiger partial charge >= 0.3 is 11.4 Å². The molecule has 0 amide bonds. The van der Waals surface area contributed by atoms with Gasteiger partial charge in [-0.15, -0.1) is 0 Å². The van der Waals surface area contributed by atoms with E-state index in [0.29, 0.717) is 0 Å². The van der Waals surface area contributed by atoms with Gasteiger partial charge in [-0.3, -0.25) is 4.98 Å². The first-order valence-corrected chi connectivity index (χ1v) is 3.84. The molecule has 0 radical (unpaired) electrons. The summed E-state index contributed by atoms with van der Waals surface area (Å²) in [5.41, 5.74) is -1.25. The molecular weight excluding hydrogens is 215 g/mol. The lowest BCUT2D eigenvalue weighted by molar-refractivity contribution is 0.457. The molecule has 72 valence electrons. The minimum atomic E-state index is -1.04. The normalized spacial score (nSPS) is 10.7. The maximum atomic E-state index is 13.2. The van der Waals surface area contributed by atoms with Crippen LogP contribution in [0.1, 0.15) is 0 Å². The molecule has 1 N–H and O–H groups in total. The summed E-state index contributed by atoms with van der Waals surface area (Å²) in [4.78, 5) is 27.2. The zero-order chi connectivity index (χ0) is 10.3. The van der Waals surface area contributed by atoms with Crippen molar-refractivity contribution in [2.45, 2.75) is 0 Å². The first kappa shape index (κ1) is 8.89. The zero-order valence-electron chi connectivity index (χ0n) is 6.51. The van der Waals surface area contributed by atoms with Crippen molar-refractivity contribution in [3.8, 4) is 0 Å². The molecule has 0 saturated carbocycles. The Labute approximate surface area is 80.1 Å². The number of H-pyrrole nitrogens is 1. The molecule has 7 heteroatoms. The highest BCUT2D eigenvalue weighted by Gasteiger charge is 2.11. The van der Waals surface area contributed by atoms with Crippen LogP contribution in [0.25, 0.3) is 10.9 Å². The van der Waals surface area contributed by atoms with Gasteiger partial charge < -0.3 is 4.42 Å². The molecule has 2 heterocycles. The quantitative estimate of drug-likeness (QED) is 0.657. The summed E-state index contributed by atoms with van der Waals surface area (Å²) in [7, 11) is 0. The molecule has 0 aromatic carbocycles. The monoisotopic (exact) mass is 216 g/mol. The standard InChI is InChI=1S/C7H2ClFN2O3/c8-5-3(9)4-2(1-10-5)6(12)14-7(13)11-4/h1H,(H,11,13). The smallest absolute Gasteiger partial charge is 0.372 e. The van der Waals surface area contributed by atoms with Crippen molar-refractivity contribution in [3.05, 3.63) is 38.1 Å². The minimum Gasteiger partial charge on any atom is -0.372 e. The second-order valence-corrected chi connectivity index (χ2v) is 2.81. The van der Waals surface area contributed by atoms with Crippen LogP contribution in [-0.4, -0.2) is 9.97 Å². The van der Waals surface area contributed by atoms with Crippen LogP contribution in [-0.2, 0) is 0 Å². The third-order valence-corrected chi connectivity index (χ3v) is 1.87. The van der Waals surface area contributed by atoms with Gasteiger partial charge in [0.15, 0.2) is 11.0 Å². The summed E-state index contributed by atoms with van der Waals surface area (Å²) >= 11 is 5.35. The Balaban J connectivity index is 3.10. The fourth-order valence-corrected chi connectivity index (χ4v) is 1.15. The maximum absolute atomic E-state index is 13.2. The minimum absolute atomic E-state index is 0.161. The fraction of sp³-hybridized carbons (Fsp3) is 0. The Morgan fingerprint density at radius 3 is 2.93 bits per heavy atom. The van der Waals surface area contributed by atoms with Crippen molar-refractivity contribution in [3.63, 3.8) is 0 Å². The number of nitrogens with one attached hydrogen (secondary N) is 1. The van der Waals surface area contributed by atoms with Crippen LogP contribution >= 0.6 is 11.6 Å². The summed E-state index contributed by atoms with van der Waals surface area (Å²) < 4.78 is 17.4. The predicted molar refractivity (Wildman–Crippen MR) is 45.9 cm³/mol. The topological polar surface area (TPSA) is 76.0 Å². The SMILES string of the molecule is O=c1[nH]c2c(F)c(Cl)ncc2c(=O)o1. The highest BCUT2D eigenvalue weighted by molar-refractivity contribution is 6.30. The van der Waals surface area contributed by atoms with Crippen LogP contribution in [0, 0.1) is 5.82 Å².